The second-order valence-electron chi connectivity index (χ2n) is 5.73. The third kappa shape index (κ3) is 2.48. The molecule has 24 heavy (non-hydrogen) atoms. The average molecular weight is 310 g/mol. The van der Waals surface area contributed by atoms with E-state index in [1.165, 1.54) is 0 Å². The van der Waals surface area contributed by atoms with Crippen molar-refractivity contribution < 1.29 is 0 Å². The van der Waals surface area contributed by atoms with Crippen molar-refractivity contribution in [2.75, 3.05) is 10.6 Å². The van der Waals surface area contributed by atoms with Gasteiger partial charge in [-0.2, -0.15) is 0 Å². The van der Waals surface area contributed by atoms with E-state index >= 15 is 0 Å². The summed E-state index contributed by atoms with van der Waals surface area (Å²) in [5.74, 6) is 0. The molecule has 0 aliphatic heterocycles. The van der Waals surface area contributed by atoms with Crippen LogP contribution in [0.25, 0.3) is 10.8 Å². The fraction of sp³-hybridized carbons (Fsp3) is 0. The lowest BCUT2D eigenvalue weighted by Gasteiger charge is -2.27. The highest BCUT2D eigenvalue weighted by molar-refractivity contribution is 6.04. The Labute approximate surface area is 141 Å². The van der Waals surface area contributed by atoms with Gasteiger partial charge in [-0.3, -0.25) is 0 Å². The lowest BCUT2D eigenvalue weighted by molar-refractivity contribution is 1.30. The van der Waals surface area contributed by atoms with Crippen LogP contribution in [0, 0.1) is 0 Å². The monoisotopic (exact) mass is 310 g/mol. The van der Waals surface area contributed by atoms with E-state index < -0.39 is 0 Å². The minimum atomic E-state index is 0.801. The van der Waals surface area contributed by atoms with Crippen molar-refractivity contribution in [3.63, 3.8) is 0 Å². The van der Waals surface area contributed by atoms with Crippen molar-refractivity contribution in [3.8, 4) is 0 Å². The first kappa shape index (κ1) is 14.3. The first-order chi connectivity index (χ1) is 11.8. The standard InChI is InChI=1S/C22H18N2/c23-21-15-16-22(20-14-8-7-13-19(20)21)24(17-9-3-1-4-10-17)18-11-5-2-6-12-18/h1-16H,23H2. The Morgan fingerprint density at radius 2 is 1.00 bits per heavy atom. The molecule has 0 aromatic heterocycles. The Morgan fingerprint density at radius 3 is 1.58 bits per heavy atom. The molecule has 0 fully saturated rings. The van der Waals surface area contributed by atoms with E-state index in [1.54, 1.807) is 0 Å². The molecule has 0 atom stereocenters. The Morgan fingerprint density at radius 1 is 0.500 bits per heavy atom. The van der Waals surface area contributed by atoms with Crippen LogP contribution in [-0.4, -0.2) is 0 Å². The van der Waals surface area contributed by atoms with Crippen molar-refractivity contribution in [3.05, 3.63) is 97.1 Å². The molecule has 0 aliphatic rings. The van der Waals surface area contributed by atoms with Gasteiger partial charge in [0, 0.05) is 27.8 Å². The van der Waals surface area contributed by atoms with Gasteiger partial charge in [0.1, 0.15) is 0 Å². The van der Waals surface area contributed by atoms with Crippen molar-refractivity contribution in [2.24, 2.45) is 0 Å². The molecule has 4 aromatic rings. The number of nitrogens with two attached hydrogens (primary N) is 1. The maximum atomic E-state index is 6.18. The SMILES string of the molecule is Nc1ccc(N(c2ccccc2)c2ccccc2)c2ccccc12. The largest absolute Gasteiger partial charge is 0.398 e. The highest BCUT2D eigenvalue weighted by Crippen LogP contribution is 2.39. The molecule has 2 N–H and O–H groups in total. The molecule has 2 heteroatoms. The Kier molecular flexibility index (Phi) is 3.64. The van der Waals surface area contributed by atoms with Gasteiger partial charge in [0.15, 0.2) is 0 Å². The van der Waals surface area contributed by atoms with E-state index in [2.05, 4.69) is 77.7 Å². The van der Waals surface area contributed by atoms with Crippen LogP contribution >= 0.6 is 0 Å². The van der Waals surface area contributed by atoms with Crippen LogP contribution < -0.4 is 10.6 Å². The van der Waals surface area contributed by atoms with Crippen molar-refractivity contribution in [1.82, 2.24) is 0 Å². The summed E-state index contributed by atoms with van der Waals surface area (Å²) in [5.41, 5.74) is 10.4. The van der Waals surface area contributed by atoms with Crippen LogP contribution in [0.4, 0.5) is 22.7 Å². The molecule has 116 valence electrons. The maximum absolute atomic E-state index is 6.18. The zero-order valence-electron chi connectivity index (χ0n) is 13.3. The second-order valence-corrected chi connectivity index (χ2v) is 5.73. The number of benzene rings is 4. The molecule has 0 saturated heterocycles. The van der Waals surface area contributed by atoms with Crippen LogP contribution in [-0.2, 0) is 0 Å². The first-order valence-electron chi connectivity index (χ1n) is 8.02. The second kappa shape index (κ2) is 6.09. The van der Waals surface area contributed by atoms with Crippen molar-refractivity contribution >= 4 is 33.5 Å². The highest BCUT2D eigenvalue weighted by Gasteiger charge is 2.15. The molecule has 0 amide bonds. The van der Waals surface area contributed by atoms with Gasteiger partial charge < -0.3 is 10.6 Å². The minimum Gasteiger partial charge on any atom is -0.398 e. The number of rotatable bonds is 3. The molecule has 0 aliphatic carbocycles. The van der Waals surface area contributed by atoms with E-state index in [-0.39, 0.29) is 0 Å². The topological polar surface area (TPSA) is 29.3 Å². The molecule has 0 unspecified atom stereocenters. The van der Waals surface area contributed by atoms with Crippen LogP contribution in [0.15, 0.2) is 97.1 Å². The van der Waals surface area contributed by atoms with Crippen LogP contribution in [0.1, 0.15) is 0 Å². The number of nitrogens with zero attached hydrogens (tertiary/aromatic N) is 1. The smallest absolute Gasteiger partial charge is 0.0541 e. The van der Waals surface area contributed by atoms with Crippen LogP contribution in [0.2, 0.25) is 0 Å². The summed E-state index contributed by atoms with van der Waals surface area (Å²) in [4.78, 5) is 2.27. The van der Waals surface area contributed by atoms with Gasteiger partial charge in [0.05, 0.1) is 5.69 Å². The summed E-state index contributed by atoms with van der Waals surface area (Å²) >= 11 is 0. The fourth-order valence-electron chi connectivity index (χ4n) is 3.08. The molecular weight excluding hydrogens is 292 g/mol. The molecule has 0 bridgehead atoms. The number of hydrogen-bond acceptors (Lipinski definition) is 2. The van der Waals surface area contributed by atoms with E-state index in [0.717, 1.165) is 33.5 Å². The van der Waals surface area contributed by atoms with Gasteiger partial charge in [-0.25, -0.2) is 0 Å². The quantitative estimate of drug-likeness (QED) is 0.478. The molecular formula is C22H18N2. The van der Waals surface area contributed by atoms with Gasteiger partial charge in [0.2, 0.25) is 0 Å². The molecule has 4 aromatic carbocycles. The Hall–Kier alpha value is -3.26. The van der Waals surface area contributed by atoms with E-state index in [9.17, 15) is 0 Å². The molecule has 0 saturated carbocycles. The molecule has 2 nitrogen and oxygen atoms in total. The summed E-state index contributed by atoms with van der Waals surface area (Å²) in [7, 11) is 0. The predicted octanol–water partition coefficient (Wildman–Crippen LogP) is 5.89. The number of hydrogen-bond donors (Lipinski definition) is 1. The summed E-state index contributed by atoms with van der Waals surface area (Å²) in [6, 6.07) is 33.2. The Balaban J connectivity index is 2.00. The molecule has 0 spiro atoms. The van der Waals surface area contributed by atoms with E-state index in [0.29, 0.717) is 0 Å². The van der Waals surface area contributed by atoms with Gasteiger partial charge in [-0.1, -0.05) is 60.7 Å². The summed E-state index contributed by atoms with van der Waals surface area (Å²) < 4.78 is 0. The first-order valence-corrected chi connectivity index (χ1v) is 8.02. The molecule has 0 radical (unpaired) electrons. The lowest BCUT2D eigenvalue weighted by atomic mass is 10.0. The maximum Gasteiger partial charge on any atom is 0.0541 e. The van der Waals surface area contributed by atoms with Crippen LogP contribution in [0.3, 0.4) is 0 Å². The van der Waals surface area contributed by atoms with E-state index in [1.807, 2.05) is 24.3 Å². The lowest BCUT2D eigenvalue weighted by Crippen LogP contribution is -2.10. The Bertz CT molecular complexity index is 923. The molecule has 0 heterocycles. The number of nitrogen functional groups attached to an aromatic ring is 1. The normalized spacial score (nSPS) is 10.7. The summed E-state index contributed by atoms with van der Waals surface area (Å²) in [5, 5.41) is 2.22. The molecule has 4 rings (SSSR count). The number of para-hydroxylation sites is 2. The van der Waals surface area contributed by atoms with E-state index in [4.69, 9.17) is 5.73 Å². The minimum absolute atomic E-state index is 0.801. The van der Waals surface area contributed by atoms with Crippen molar-refractivity contribution in [1.29, 1.82) is 0 Å². The summed E-state index contributed by atoms with van der Waals surface area (Å²) in [6.45, 7) is 0. The van der Waals surface area contributed by atoms with Gasteiger partial charge in [-0.15, -0.1) is 0 Å². The van der Waals surface area contributed by atoms with Gasteiger partial charge in [-0.05, 0) is 36.4 Å². The third-order valence-corrected chi connectivity index (χ3v) is 4.20. The number of fused-ring (bicyclic) bond motifs is 1. The van der Waals surface area contributed by atoms with Crippen molar-refractivity contribution in [2.45, 2.75) is 0 Å². The number of anilines is 4. The zero-order chi connectivity index (χ0) is 16.4. The van der Waals surface area contributed by atoms with Gasteiger partial charge >= 0.3 is 0 Å². The highest BCUT2D eigenvalue weighted by atomic mass is 15.1. The average Bonchev–Trinajstić information content (AvgIpc) is 2.66. The van der Waals surface area contributed by atoms with Gasteiger partial charge in [0.25, 0.3) is 0 Å². The fourth-order valence-corrected chi connectivity index (χ4v) is 3.08. The van der Waals surface area contributed by atoms with Crippen LogP contribution in [0.5, 0.6) is 0 Å². The third-order valence-electron chi connectivity index (χ3n) is 4.20. The predicted molar refractivity (Wildman–Crippen MR) is 103 cm³/mol. The summed E-state index contributed by atoms with van der Waals surface area (Å²) in [6.07, 6.45) is 0. The zero-order valence-corrected chi connectivity index (χ0v) is 13.3.